The second-order valence-corrected chi connectivity index (χ2v) is 12.0. The van der Waals surface area contributed by atoms with Crippen LogP contribution >= 0.6 is 23.2 Å². The van der Waals surface area contributed by atoms with Gasteiger partial charge in [0.25, 0.3) is 0 Å². The molecule has 6 rings (SSSR count). The minimum Gasteiger partial charge on any atom is -0.310 e. The first kappa shape index (κ1) is 28.8. The van der Waals surface area contributed by atoms with Crippen LogP contribution in [-0.2, 0) is 0 Å². The molecule has 1 nitrogen and oxygen atoms in total. The number of benzene rings is 6. The summed E-state index contributed by atoms with van der Waals surface area (Å²) in [6, 6.07) is 45.1. The number of halogens is 2. The third-order valence-corrected chi connectivity index (χ3v) is 8.79. The van der Waals surface area contributed by atoms with E-state index in [-0.39, 0.29) is 0 Å². The second kappa shape index (κ2) is 12.1. The van der Waals surface area contributed by atoms with Gasteiger partial charge in [0.1, 0.15) is 0 Å². The standard InChI is InChI=1S/C40H33Cl2N/c1-26-19-27(2)40(28(3)20-26)32-15-17-35(18-16-32)43(37-24-38(41)29(4)39(42)25-37)36-22-33(30-11-7-5-8-12-30)21-34(23-36)31-13-9-6-10-14-31/h5-25H,1-4H3. The van der Waals surface area contributed by atoms with Crippen LogP contribution in [0.4, 0.5) is 17.1 Å². The Morgan fingerprint density at radius 3 is 1.37 bits per heavy atom. The molecule has 3 heteroatoms. The molecule has 0 radical (unpaired) electrons. The Morgan fingerprint density at radius 2 is 0.884 bits per heavy atom. The van der Waals surface area contributed by atoms with E-state index in [4.69, 9.17) is 23.2 Å². The molecule has 6 aromatic carbocycles. The van der Waals surface area contributed by atoms with Gasteiger partial charge in [-0.2, -0.15) is 0 Å². The molecule has 0 N–H and O–H groups in total. The highest BCUT2D eigenvalue weighted by atomic mass is 35.5. The molecule has 0 fully saturated rings. The van der Waals surface area contributed by atoms with Crippen molar-refractivity contribution in [1.29, 1.82) is 0 Å². The van der Waals surface area contributed by atoms with Crippen molar-refractivity contribution < 1.29 is 0 Å². The maximum absolute atomic E-state index is 6.73. The van der Waals surface area contributed by atoms with Gasteiger partial charge in [0.2, 0.25) is 0 Å². The van der Waals surface area contributed by atoms with Crippen LogP contribution in [0.15, 0.2) is 127 Å². The molecule has 0 saturated heterocycles. The van der Waals surface area contributed by atoms with E-state index >= 15 is 0 Å². The minimum atomic E-state index is 0.637. The summed E-state index contributed by atoms with van der Waals surface area (Å²) in [4.78, 5) is 2.24. The smallest absolute Gasteiger partial charge is 0.0491 e. The molecule has 0 saturated carbocycles. The van der Waals surface area contributed by atoms with Crippen LogP contribution in [0.3, 0.4) is 0 Å². The van der Waals surface area contributed by atoms with Crippen LogP contribution in [-0.4, -0.2) is 0 Å². The van der Waals surface area contributed by atoms with Gasteiger partial charge in [-0.1, -0.05) is 114 Å². The van der Waals surface area contributed by atoms with Crippen molar-refractivity contribution in [3.05, 3.63) is 160 Å². The zero-order valence-electron chi connectivity index (χ0n) is 24.8. The van der Waals surface area contributed by atoms with Gasteiger partial charge in [-0.3, -0.25) is 0 Å². The quantitative estimate of drug-likeness (QED) is 0.184. The minimum absolute atomic E-state index is 0.637. The summed E-state index contributed by atoms with van der Waals surface area (Å²) in [5.74, 6) is 0. The lowest BCUT2D eigenvalue weighted by Gasteiger charge is -2.28. The topological polar surface area (TPSA) is 3.24 Å². The van der Waals surface area contributed by atoms with Crippen LogP contribution in [0.2, 0.25) is 10.0 Å². The Morgan fingerprint density at radius 1 is 0.419 bits per heavy atom. The van der Waals surface area contributed by atoms with Crippen LogP contribution in [0, 0.1) is 27.7 Å². The zero-order valence-corrected chi connectivity index (χ0v) is 26.3. The average Bonchev–Trinajstić information content (AvgIpc) is 3.01. The summed E-state index contributed by atoms with van der Waals surface area (Å²) in [7, 11) is 0. The summed E-state index contributed by atoms with van der Waals surface area (Å²) >= 11 is 13.5. The largest absolute Gasteiger partial charge is 0.310 e. The second-order valence-electron chi connectivity index (χ2n) is 11.2. The fraction of sp³-hybridized carbons (Fsp3) is 0.100. The van der Waals surface area contributed by atoms with E-state index in [9.17, 15) is 0 Å². The zero-order chi connectivity index (χ0) is 30.1. The van der Waals surface area contributed by atoms with Gasteiger partial charge in [0, 0.05) is 27.1 Å². The molecular formula is C40H33Cl2N. The molecule has 0 aliphatic rings. The first-order valence-electron chi connectivity index (χ1n) is 14.5. The Kier molecular flexibility index (Phi) is 8.13. The lowest BCUT2D eigenvalue weighted by molar-refractivity contribution is 1.27. The number of nitrogens with zero attached hydrogens (tertiary/aromatic N) is 1. The van der Waals surface area contributed by atoms with Gasteiger partial charge in [-0.05, 0) is 120 Å². The van der Waals surface area contributed by atoms with E-state index in [0.717, 1.165) is 44.9 Å². The number of rotatable bonds is 6. The van der Waals surface area contributed by atoms with E-state index < -0.39 is 0 Å². The number of hydrogen-bond donors (Lipinski definition) is 0. The molecule has 0 aliphatic heterocycles. The fourth-order valence-electron chi connectivity index (χ4n) is 5.96. The highest BCUT2D eigenvalue weighted by Crippen LogP contribution is 2.43. The highest BCUT2D eigenvalue weighted by molar-refractivity contribution is 6.36. The predicted octanol–water partition coefficient (Wildman–Crippen LogP) is 12.7. The van der Waals surface area contributed by atoms with E-state index in [1.54, 1.807) is 0 Å². The van der Waals surface area contributed by atoms with Crippen molar-refractivity contribution in [2.75, 3.05) is 4.90 Å². The molecule has 0 spiro atoms. The summed E-state index contributed by atoms with van der Waals surface area (Å²) in [6.07, 6.45) is 0. The summed E-state index contributed by atoms with van der Waals surface area (Å²) in [6.45, 7) is 8.47. The molecule has 0 amide bonds. The molecule has 0 heterocycles. The van der Waals surface area contributed by atoms with Gasteiger partial charge in [-0.25, -0.2) is 0 Å². The Labute approximate surface area is 265 Å². The maximum atomic E-state index is 6.73. The summed E-state index contributed by atoms with van der Waals surface area (Å²) in [5, 5.41) is 1.27. The molecule has 212 valence electrons. The molecule has 0 aromatic heterocycles. The maximum Gasteiger partial charge on any atom is 0.0491 e. The molecule has 0 aliphatic carbocycles. The Balaban J connectivity index is 1.56. The van der Waals surface area contributed by atoms with Crippen molar-refractivity contribution in [3.8, 4) is 33.4 Å². The van der Waals surface area contributed by atoms with E-state index in [1.165, 1.54) is 27.8 Å². The van der Waals surface area contributed by atoms with Gasteiger partial charge >= 0.3 is 0 Å². The molecule has 6 aromatic rings. The summed E-state index contributed by atoms with van der Waals surface area (Å²) < 4.78 is 0. The lowest BCUT2D eigenvalue weighted by Crippen LogP contribution is -2.11. The number of hydrogen-bond acceptors (Lipinski definition) is 1. The predicted molar refractivity (Wildman–Crippen MR) is 186 cm³/mol. The van der Waals surface area contributed by atoms with Gasteiger partial charge < -0.3 is 4.90 Å². The van der Waals surface area contributed by atoms with Crippen molar-refractivity contribution >= 4 is 40.3 Å². The third-order valence-electron chi connectivity index (χ3n) is 8.01. The van der Waals surface area contributed by atoms with Crippen molar-refractivity contribution in [2.45, 2.75) is 27.7 Å². The monoisotopic (exact) mass is 597 g/mol. The van der Waals surface area contributed by atoms with Gasteiger partial charge in [-0.15, -0.1) is 0 Å². The van der Waals surface area contributed by atoms with Crippen LogP contribution in [0.5, 0.6) is 0 Å². The Hall–Kier alpha value is -4.30. The normalized spacial score (nSPS) is 11.0. The fourth-order valence-corrected chi connectivity index (χ4v) is 6.43. The van der Waals surface area contributed by atoms with E-state index in [1.807, 2.05) is 31.2 Å². The Bertz CT molecular complexity index is 1810. The molecular weight excluding hydrogens is 565 g/mol. The molecule has 0 bridgehead atoms. The third kappa shape index (κ3) is 5.97. The number of aryl methyl sites for hydroxylation is 3. The number of anilines is 3. The van der Waals surface area contributed by atoms with Crippen molar-refractivity contribution in [2.24, 2.45) is 0 Å². The molecule has 0 atom stereocenters. The first-order valence-corrected chi connectivity index (χ1v) is 15.2. The van der Waals surface area contributed by atoms with E-state index in [0.29, 0.717) is 10.0 Å². The SMILES string of the molecule is Cc1cc(C)c(-c2ccc(N(c3cc(-c4ccccc4)cc(-c4ccccc4)c3)c3cc(Cl)c(C)c(Cl)c3)cc2)c(C)c1. The van der Waals surface area contributed by atoms with Crippen LogP contribution in [0.1, 0.15) is 22.3 Å². The van der Waals surface area contributed by atoms with Crippen molar-refractivity contribution in [3.63, 3.8) is 0 Å². The molecule has 0 unspecified atom stereocenters. The highest BCUT2D eigenvalue weighted by Gasteiger charge is 2.18. The van der Waals surface area contributed by atoms with Crippen molar-refractivity contribution in [1.82, 2.24) is 0 Å². The van der Waals surface area contributed by atoms with Gasteiger partial charge in [0.15, 0.2) is 0 Å². The van der Waals surface area contributed by atoms with E-state index in [2.05, 4.69) is 129 Å². The first-order chi connectivity index (χ1) is 20.8. The van der Waals surface area contributed by atoms with Crippen LogP contribution in [0.25, 0.3) is 33.4 Å². The van der Waals surface area contributed by atoms with Gasteiger partial charge in [0.05, 0.1) is 0 Å². The summed E-state index contributed by atoms with van der Waals surface area (Å²) in [5.41, 5.74) is 14.7. The van der Waals surface area contributed by atoms with Crippen LogP contribution < -0.4 is 4.90 Å². The average molecular weight is 599 g/mol. The molecule has 43 heavy (non-hydrogen) atoms. The lowest BCUT2D eigenvalue weighted by atomic mass is 9.93.